The Bertz CT molecular complexity index is 1360. The van der Waals surface area contributed by atoms with Gasteiger partial charge < -0.3 is 5.32 Å². The highest BCUT2D eigenvalue weighted by molar-refractivity contribution is 7.89. The number of sulfonamides is 1. The Kier molecular flexibility index (Phi) is 6.25. The third-order valence-corrected chi connectivity index (χ3v) is 6.38. The fourth-order valence-corrected chi connectivity index (χ4v) is 4.75. The minimum atomic E-state index is -4.10. The smallest absolute Gasteiger partial charge is 0.243 e. The lowest BCUT2D eigenvalue weighted by molar-refractivity contribution is -0.117. The van der Waals surface area contributed by atoms with E-state index in [4.69, 9.17) is 0 Å². The number of anilines is 1. The van der Waals surface area contributed by atoms with Crippen molar-refractivity contribution in [3.05, 3.63) is 103 Å². The maximum Gasteiger partial charge on any atom is 0.243 e. The summed E-state index contributed by atoms with van der Waals surface area (Å²) >= 11 is 0. The fourth-order valence-electron chi connectivity index (χ4n) is 3.38. The first kappa shape index (κ1) is 21.6. The summed E-state index contributed by atoms with van der Waals surface area (Å²) in [5, 5.41) is 3.26. The summed E-state index contributed by atoms with van der Waals surface area (Å²) in [6.07, 6.45) is 1.62. The Labute approximate surface area is 185 Å². The third kappa shape index (κ3) is 4.99. The number of benzene rings is 3. The monoisotopic (exact) mass is 449 g/mol. The van der Waals surface area contributed by atoms with E-state index in [9.17, 15) is 17.6 Å². The number of nitrogens with one attached hydrogen (secondary N) is 2. The average Bonchev–Trinajstić information content (AvgIpc) is 2.79. The Morgan fingerprint density at radius 2 is 1.69 bits per heavy atom. The zero-order valence-corrected chi connectivity index (χ0v) is 17.7. The lowest BCUT2D eigenvalue weighted by Crippen LogP contribution is -2.45. The summed E-state index contributed by atoms with van der Waals surface area (Å²) in [6, 6.07) is 21.6. The molecule has 162 valence electrons. The number of halogens is 1. The SMILES string of the molecule is O=C(Nc1cccc(F)c1)[C@@H](Cc1ccccc1)NS(=O)(=O)c1cccc2cccnc12. The van der Waals surface area contributed by atoms with Crippen LogP contribution < -0.4 is 10.0 Å². The van der Waals surface area contributed by atoms with Crippen molar-refractivity contribution in [2.75, 3.05) is 5.32 Å². The van der Waals surface area contributed by atoms with Crippen LogP contribution in [-0.4, -0.2) is 25.4 Å². The second kappa shape index (κ2) is 9.25. The molecule has 0 saturated heterocycles. The van der Waals surface area contributed by atoms with Crippen LogP contribution in [0.4, 0.5) is 10.1 Å². The molecule has 0 unspecified atom stereocenters. The van der Waals surface area contributed by atoms with Gasteiger partial charge in [-0.2, -0.15) is 4.72 Å². The molecule has 1 heterocycles. The van der Waals surface area contributed by atoms with Crippen molar-refractivity contribution in [1.29, 1.82) is 0 Å². The Morgan fingerprint density at radius 1 is 0.938 bits per heavy atom. The molecule has 8 heteroatoms. The number of carbonyl (C=O) groups is 1. The van der Waals surface area contributed by atoms with Crippen molar-refractivity contribution in [3.8, 4) is 0 Å². The average molecular weight is 450 g/mol. The number of fused-ring (bicyclic) bond motifs is 1. The molecular formula is C24H20FN3O3S. The van der Waals surface area contributed by atoms with Crippen molar-refractivity contribution < 1.29 is 17.6 Å². The number of rotatable bonds is 7. The molecule has 2 N–H and O–H groups in total. The summed E-state index contributed by atoms with van der Waals surface area (Å²) < 4.78 is 42.6. The van der Waals surface area contributed by atoms with Crippen molar-refractivity contribution >= 4 is 32.5 Å². The topological polar surface area (TPSA) is 88.2 Å². The molecule has 0 saturated carbocycles. The largest absolute Gasteiger partial charge is 0.325 e. The summed E-state index contributed by atoms with van der Waals surface area (Å²) in [5.74, 6) is -1.11. The van der Waals surface area contributed by atoms with Crippen molar-refractivity contribution in [2.24, 2.45) is 0 Å². The van der Waals surface area contributed by atoms with Gasteiger partial charge in [0.05, 0.1) is 5.52 Å². The van der Waals surface area contributed by atoms with E-state index < -0.39 is 27.8 Å². The first-order chi connectivity index (χ1) is 15.4. The molecule has 0 aliphatic heterocycles. The van der Waals surface area contributed by atoms with Gasteiger partial charge in [-0.1, -0.05) is 54.6 Å². The first-order valence-electron chi connectivity index (χ1n) is 9.89. The number of hydrogen-bond acceptors (Lipinski definition) is 4. The molecule has 32 heavy (non-hydrogen) atoms. The van der Waals surface area contributed by atoms with Crippen LogP contribution in [-0.2, 0) is 21.2 Å². The van der Waals surface area contributed by atoms with Crippen LogP contribution in [0.3, 0.4) is 0 Å². The molecule has 4 aromatic rings. The molecular weight excluding hydrogens is 429 g/mol. The molecule has 4 rings (SSSR count). The molecule has 0 bridgehead atoms. The molecule has 0 radical (unpaired) electrons. The van der Waals surface area contributed by atoms with E-state index in [1.165, 1.54) is 36.5 Å². The van der Waals surface area contributed by atoms with E-state index in [1.54, 1.807) is 48.5 Å². The zero-order valence-electron chi connectivity index (χ0n) is 16.9. The molecule has 1 atom stereocenters. The number of aromatic nitrogens is 1. The molecule has 0 aliphatic carbocycles. The van der Waals surface area contributed by atoms with Gasteiger partial charge in [-0.05, 0) is 42.3 Å². The highest BCUT2D eigenvalue weighted by Crippen LogP contribution is 2.21. The molecule has 1 amide bonds. The molecule has 0 fully saturated rings. The predicted octanol–water partition coefficient (Wildman–Crippen LogP) is 3.90. The van der Waals surface area contributed by atoms with Gasteiger partial charge in [0, 0.05) is 17.3 Å². The van der Waals surface area contributed by atoms with Gasteiger partial charge in [-0.25, -0.2) is 12.8 Å². The van der Waals surface area contributed by atoms with E-state index in [-0.39, 0.29) is 17.0 Å². The lowest BCUT2D eigenvalue weighted by Gasteiger charge is -2.19. The van der Waals surface area contributed by atoms with Crippen molar-refractivity contribution in [1.82, 2.24) is 9.71 Å². The van der Waals surface area contributed by atoms with Crippen LogP contribution in [0.2, 0.25) is 0 Å². The van der Waals surface area contributed by atoms with Gasteiger partial charge in [0.25, 0.3) is 0 Å². The number of para-hydroxylation sites is 1. The second-order valence-electron chi connectivity index (χ2n) is 7.19. The maximum atomic E-state index is 13.5. The van der Waals surface area contributed by atoms with Crippen LogP contribution in [0, 0.1) is 5.82 Å². The minimum absolute atomic E-state index is 0.0211. The van der Waals surface area contributed by atoms with E-state index in [2.05, 4.69) is 15.0 Å². The number of nitrogens with zero attached hydrogens (tertiary/aromatic N) is 1. The number of hydrogen-bond donors (Lipinski definition) is 2. The second-order valence-corrected chi connectivity index (χ2v) is 8.88. The van der Waals surface area contributed by atoms with Gasteiger partial charge in [0.2, 0.25) is 15.9 Å². The normalized spacial score (nSPS) is 12.4. The summed E-state index contributed by atoms with van der Waals surface area (Å²) in [5.41, 5.74) is 1.32. The highest BCUT2D eigenvalue weighted by Gasteiger charge is 2.28. The zero-order chi connectivity index (χ0) is 22.6. The van der Waals surface area contributed by atoms with E-state index in [0.717, 1.165) is 5.56 Å². The van der Waals surface area contributed by atoms with Gasteiger partial charge >= 0.3 is 0 Å². The van der Waals surface area contributed by atoms with Crippen LogP contribution >= 0.6 is 0 Å². The Balaban J connectivity index is 1.66. The summed E-state index contributed by atoms with van der Waals surface area (Å²) in [4.78, 5) is 17.2. The van der Waals surface area contributed by atoms with Crippen molar-refractivity contribution in [3.63, 3.8) is 0 Å². The van der Waals surface area contributed by atoms with E-state index in [1.807, 2.05) is 6.07 Å². The van der Waals surface area contributed by atoms with Gasteiger partial charge in [0.1, 0.15) is 16.8 Å². The number of carbonyl (C=O) groups excluding carboxylic acids is 1. The van der Waals surface area contributed by atoms with Gasteiger partial charge in [0.15, 0.2) is 0 Å². The Hall–Kier alpha value is -3.62. The third-order valence-electron chi connectivity index (χ3n) is 4.87. The van der Waals surface area contributed by atoms with Gasteiger partial charge in [-0.3, -0.25) is 9.78 Å². The maximum absolute atomic E-state index is 13.5. The van der Waals surface area contributed by atoms with Crippen molar-refractivity contribution in [2.45, 2.75) is 17.4 Å². The fraction of sp³-hybridized carbons (Fsp3) is 0.0833. The van der Waals surface area contributed by atoms with Crippen LogP contribution in [0.1, 0.15) is 5.56 Å². The van der Waals surface area contributed by atoms with Crippen LogP contribution in [0.5, 0.6) is 0 Å². The summed E-state index contributed by atoms with van der Waals surface area (Å²) in [6.45, 7) is 0. The van der Waals surface area contributed by atoms with E-state index in [0.29, 0.717) is 10.9 Å². The molecule has 0 spiro atoms. The van der Waals surface area contributed by atoms with Gasteiger partial charge in [-0.15, -0.1) is 0 Å². The van der Waals surface area contributed by atoms with E-state index >= 15 is 0 Å². The molecule has 0 aliphatic rings. The Morgan fingerprint density at radius 3 is 2.47 bits per heavy atom. The lowest BCUT2D eigenvalue weighted by atomic mass is 10.1. The van der Waals surface area contributed by atoms with Crippen LogP contribution in [0.25, 0.3) is 10.9 Å². The predicted molar refractivity (Wildman–Crippen MR) is 121 cm³/mol. The molecule has 3 aromatic carbocycles. The standard InChI is InChI=1S/C24H20FN3O3S/c25-19-11-5-12-20(16-19)27-24(29)21(15-17-7-2-1-3-8-17)28-32(30,31)22-13-4-9-18-10-6-14-26-23(18)22/h1-14,16,21,28H,15H2,(H,27,29)/t21-/m1/s1. The first-order valence-corrected chi connectivity index (χ1v) is 11.4. The number of pyridine rings is 1. The van der Waals surface area contributed by atoms with Crippen LogP contribution in [0.15, 0.2) is 96.0 Å². The molecule has 1 aromatic heterocycles. The highest BCUT2D eigenvalue weighted by atomic mass is 32.2. The minimum Gasteiger partial charge on any atom is -0.325 e. The number of amides is 1. The summed E-state index contributed by atoms with van der Waals surface area (Å²) in [7, 11) is -4.10. The quantitative estimate of drug-likeness (QED) is 0.448. The molecule has 6 nitrogen and oxygen atoms in total.